The molecule has 0 saturated carbocycles. The lowest BCUT2D eigenvalue weighted by Gasteiger charge is -2.19. The Hall–Kier alpha value is -2.79. The van der Waals surface area contributed by atoms with E-state index in [0.717, 1.165) is 29.3 Å². The van der Waals surface area contributed by atoms with E-state index in [9.17, 15) is 9.59 Å². The number of nitrogens with one attached hydrogen (secondary N) is 3. The number of halogens is 1. The summed E-state index contributed by atoms with van der Waals surface area (Å²) in [5, 5.41) is 7.17. The van der Waals surface area contributed by atoms with Gasteiger partial charge in [-0.05, 0) is 30.2 Å². The molecule has 5 nitrogen and oxygen atoms in total. The molecule has 1 heterocycles. The number of fused-ring (bicyclic) bond motifs is 1. The number of amides is 2. The van der Waals surface area contributed by atoms with Gasteiger partial charge in [0.25, 0.3) is 5.91 Å². The predicted octanol–water partition coefficient (Wildman–Crippen LogP) is 4.08. The maximum Gasteiger partial charge on any atom is 0.253 e. The lowest BCUT2D eigenvalue weighted by atomic mass is 10.0. The average Bonchev–Trinajstić information content (AvgIpc) is 3.11. The van der Waals surface area contributed by atoms with Crippen LogP contribution in [0.1, 0.15) is 35.7 Å². The summed E-state index contributed by atoms with van der Waals surface area (Å²) >= 11 is 6.14. The van der Waals surface area contributed by atoms with Gasteiger partial charge >= 0.3 is 0 Å². The Morgan fingerprint density at radius 1 is 1.11 bits per heavy atom. The fraction of sp³-hybridized carbons (Fsp3) is 0.273. The largest absolute Gasteiger partial charge is 0.361 e. The normalized spacial score (nSPS) is 11.9. The van der Waals surface area contributed by atoms with Crippen LogP contribution < -0.4 is 10.6 Å². The van der Waals surface area contributed by atoms with Crippen molar-refractivity contribution in [1.82, 2.24) is 15.6 Å². The number of rotatable bonds is 8. The number of carbonyl (C=O) groups is 2. The van der Waals surface area contributed by atoms with Gasteiger partial charge in [0, 0.05) is 30.1 Å². The molecule has 0 unspecified atom stereocenters. The molecule has 2 amide bonds. The molecule has 146 valence electrons. The molecule has 0 aliphatic rings. The predicted molar refractivity (Wildman–Crippen MR) is 113 cm³/mol. The third-order valence-corrected chi connectivity index (χ3v) is 5.00. The summed E-state index contributed by atoms with van der Waals surface area (Å²) in [6.45, 7) is 2.65. The molecule has 28 heavy (non-hydrogen) atoms. The summed E-state index contributed by atoms with van der Waals surface area (Å²) in [5.41, 5.74) is 2.33. The van der Waals surface area contributed by atoms with Gasteiger partial charge in [0.15, 0.2) is 0 Å². The van der Waals surface area contributed by atoms with Gasteiger partial charge in [0.1, 0.15) is 6.04 Å². The van der Waals surface area contributed by atoms with Crippen molar-refractivity contribution in [3.63, 3.8) is 0 Å². The molecular weight excluding hydrogens is 374 g/mol. The van der Waals surface area contributed by atoms with E-state index in [2.05, 4.69) is 22.5 Å². The van der Waals surface area contributed by atoms with Crippen LogP contribution in [-0.4, -0.2) is 29.4 Å². The number of benzene rings is 2. The van der Waals surface area contributed by atoms with Crippen molar-refractivity contribution in [2.45, 2.75) is 32.2 Å². The molecule has 0 fully saturated rings. The van der Waals surface area contributed by atoms with Crippen molar-refractivity contribution in [1.29, 1.82) is 0 Å². The Bertz CT molecular complexity index is 967. The van der Waals surface area contributed by atoms with Gasteiger partial charge in [-0.1, -0.05) is 55.3 Å². The zero-order chi connectivity index (χ0) is 19.9. The van der Waals surface area contributed by atoms with Crippen LogP contribution in [-0.2, 0) is 11.2 Å². The fourth-order valence-electron chi connectivity index (χ4n) is 3.12. The van der Waals surface area contributed by atoms with E-state index in [1.807, 2.05) is 30.5 Å². The number of hydrogen-bond donors (Lipinski definition) is 3. The Morgan fingerprint density at radius 2 is 1.86 bits per heavy atom. The molecule has 1 atom stereocenters. The van der Waals surface area contributed by atoms with Gasteiger partial charge in [-0.25, -0.2) is 0 Å². The Labute approximate surface area is 169 Å². The monoisotopic (exact) mass is 397 g/mol. The van der Waals surface area contributed by atoms with E-state index in [4.69, 9.17) is 11.6 Å². The highest BCUT2D eigenvalue weighted by Crippen LogP contribution is 2.20. The van der Waals surface area contributed by atoms with Gasteiger partial charge < -0.3 is 15.6 Å². The number of aromatic amines is 1. The molecule has 0 aliphatic carbocycles. The molecule has 1 aromatic heterocycles. The van der Waals surface area contributed by atoms with Crippen molar-refractivity contribution in [3.8, 4) is 0 Å². The molecule has 6 heteroatoms. The first kappa shape index (κ1) is 20.0. The highest BCUT2D eigenvalue weighted by atomic mass is 35.5. The summed E-state index contributed by atoms with van der Waals surface area (Å²) in [7, 11) is 0. The molecule has 0 aliphatic heterocycles. The van der Waals surface area contributed by atoms with E-state index in [-0.39, 0.29) is 11.8 Å². The number of para-hydroxylation sites is 1. The van der Waals surface area contributed by atoms with Crippen LogP contribution in [0.3, 0.4) is 0 Å². The van der Waals surface area contributed by atoms with Gasteiger partial charge in [-0.15, -0.1) is 0 Å². The van der Waals surface area contributed by atoms with E-state index in [1.54, 1.807) is 24.3 Å². The lowest BCUT2D eigenvalue weighted by Crippen LogP contribution is -2.48. The molecule has 0 radical (unpaired) electrons. The van der Waals surface area contributed by atoms with E-state index >= 15 is 0 Å². The Kier molecular flexibility index (Phi) is 6.71. The average molecular weight is 398 g/mol. The number of unbranched alkanes of at least 4 members (excludes halogenated alkanes) is 1. The van der Waals surface area contributed by atoms with E-state index in [0.29, 0.717) is 23.6 Å². The maximum absolute atomic E-state index is 12.8. The maximum atomic E-state index is 12.8. The van der Waals surface area contributed by atoms with Crippen molar-refractivity contribution in [2.24, 2.45) is 0 Å². The minimum atomic E-state index is -0.695. The molecule has 0 bridgehead atoms. The second-order valence-corrected chi connectivity index (χ2v) is 7.12. The standard InChI is InChI=1S/C22H24ClN3O2/c1-2-3-12-24-22(28)20(26-21(27)17-9-4-6-10-18(17)23)13-15-14-25-19-11-7-5-8-16(15)19/h4-11,14,20,25H,2-3,12-13H2,1H3,(H,24,28)(H,26,27)/t20-/m1/s1. The van der Waals surface area contributed by atoms with Crippen LogP contribution in [0.4, 0.5) is 0 Å². The third kappa shape index (κ3) is 4.73. The highest BCUT2D eigenvalue weighted by Gasteiger charge is 2.23. The molecule has 3 N–H and O–H groups in total. The first-order valence-electron chi connectivity index (χ1n) is 9.48. The van der Waals surface area contributed by atoms with Crippen LogP contribution in [0.2, 0.25) is 5.02 Å². The van der Waals surface area contributed by atoms with Crippen LogP contribution >= 0.6 is 11.6 Å². The number of aromatic nitrogens is 1. The van der Waals surface area contributed by atoms with E-state index < -0.39 is 6.04 Å². The van der Waals surface area contributed by atoms with Gasteiger partial charge in [-0.3, -0.25) is 9.59 Å². The van der Waals surface area contributed by atoms with Crippen LogP contribution in [0.5, 0.6) is 0 Å². The second kappa shape index (κ2) is 9.42. The molecule has 0 spiro atoms. The highest BCUT2D eigenvalue weighted by molar-refractivity contribution is 6.33. The summed E-state index contributed by atoms with van der Waals surface area (Å²) < 4.78 is 0. The van der Waals surface area contributed by atoms with Crippen molar-refractivity contribution < 1.29 is 9.59 Å². The number of carbonyl (C=O) groups excluding carboxylic acids is 2. The van der Waals surface area contributed by atoms with Crippen LogP contribution in [0, 0.1) is 0 Å². The molecule has 2 aromatic carbocycles. The third-order valence-electron chi connectivity index (χ3n) is 4.67. The summed E-state index contributed by atoms with van der Waals surface area (Å²) in [4.78, 5) is 28.7. The summed E-state index contributed by atoms with van der Waals surface area (Å²) in [5.74, 6) is -0.555. The zero-order valence-corrected chi connectivity index (χ0v) is 16.6. The molecule has 0 saturated heterocycles. The second-order valence-electron chi connectivity index (χ2n) is 6.71. The Balaban J connectivity index is 1.81. The van der Waals surface area contributed by atoms with Gasteiger partial charge in [0.05, 0.1) is 10.6 Å². The van der Waals surface area contributed by atoms with Crippen molar-refractivity contribution >= 4 is 34.3 Å². The van der Waals surface area contributed by atoms with Crippen LogP contribution in [0.25, 0.3) is 10.9 Å². The topological polar surface area (TPSA) is 74.0 Å². The lowest BCUT2D eigenvalue weighted by molar-refractivity contribution is -0.122. The summed E-state index contributed by atoms with van der Waals surface area (Å²) in [6, 6.07) is 14.0. The van der Waals surface area contributed by atoms with Crippen molar-refractivity contribution in [3.05, 3.63) is 70.9 Å². The smallest absolute Gasteiger partial charge is 0.253 e. The minimum Gasteiger partial charge on any atom is -0.361 e. The molecule has 3 aromatic rings. The van der Waals surface area contributed by atoms with E-state index in [1.165, 1.54) is 0 Å². The number of hydrogen-bond acceptors (Lipinski definition) is 2. The van der Waals surface area contributed by atoms with Crippen molar-refractivity contribution in [2.75, 3.05) is 6.54 Å². The van der Waals surface area contributed by atoms with Crippen LogP contribution in [0.15, 0.2) is 54.7 Å². The first-order chi connectivity index (χ1) is 13.6. The molecule has 3 rings (SSSR count). The molecular formula is C22H24ClN3O2. The quantitative estimate of drug-likeness (QED) is 0.501. The first-order valence-corrected chi connectivity index (χ1v) is 9.86. The summed E-state index contributed by atoms with van der Waals surface area (Å²) in [6.07, 6.45) is 4.15. The SMILES string of the molecule is CCCCNC(=O)[C@@H](Cc1c[nH]c2ccccc12)NC(=O)c1ccccc1Cl. The fourth-order valence-corrected chi connectivity index (χ4v) is 3.34. The van der Waals surface area contributed by atoms with Gasteiger partial charge in [-0.2, -0.15) is 0 Å². The minimum absolute atomic E-state index is 0.195. The Morgan fingerprint density at radius 3 is 2.64 bits per heavy atom. The van der Waals surface area contributed by atoms with Gasteiger partial charge in [0.2, 0.25) is 5.91 Å². The number of H-pyrrole nitrogens is 1. The zero-order valence-electron chi connectivity index (χ0n) is 15.8.